The van der Waals surface area contributed by atoms with Crippen molar-refractivity contribution in [3.8, 4) is 0 Å². The highest BCUT2D eigenvalue weighted by atomic mass is 19.4. The van der Waals surface area contributed by atoms with Gasteiger partial charge in [-0.05, 0) is 29.8 Å². The molecule has 0 N–H and O–H groups in total. The van der Waals surface area contributed by atoms with Crippen molar-refractivity contribution in [2.45, 2.75) is 18.5 Å². The summed E-state index contributed by atoms with van der Waals surface area (Å²) in [5.74, 6) is -6.85. The van der Waals surface area contributed by atoms with Crippen LogP contribution in [0, 0.1) is 5.82 Å². The molecule has 1 fully saturated rings. The van der Waals surface area contributed by atoms with E-state index in [9.17, 15) is 31.1 Å². The Balaban J connectivity index is 1.41. The molecule has 32 heavy (non-hydrogen) atoms. The average Bonchev–Trinajstić information content (AvgIpc) is 3.22. The van der Waals surface area contributed by atoms with Gasteiger partial charge in [-0.15, -0.1) is 15.3 Å². The highest BCUT2D eigenvalue weighted by molar-refractivity contribution is 5.79. The molecule has 0 atom stereocenters. The Bertz CT molecular complexity index is 1140. The summed E-state index contributed by atoms with van der Waals surface area (Å²) in [5.41, 5.74) is -1.34. The van der Waals surface area contributed by atoms with E-state index in [1.807, 2.05) is 4.90 Å². The van der Waals surface area contributed by atoms with Crippen molar-refractivity contribution in [3.05, 3.63) is 53.6 Å². The Kier molecular flexibility index (Phi) is 5.42. The lowest BCUT2D eigenvalue weighted by molar-refractivity contribution is -0.290. The molecule has 0 radical (unpaired) electrons. The van der Waals surface area contributed by atoms with E-state index in [-0.39, 0.29) is 5.56 Å². The number of carbonyl (C=O) groups is 1. The normalized spacial score (nSPS) is 15.4. The van der Waals surface area contributed by atoms with Gasteiger partial charge in [0.15, 0.2) is 5.65 Å². The number of fused-ring (bicyclic) bond motifs is 1. The number of nitrogens with zero attached hydrogens (tertiary/aromatic N) is 6. The third kappa shape index (κ3) is 4.06. The summed E-state index contributed by atoms with van der Waals surface area (Å²) >= 11 is 0. The van der Waals surface area contributed by atoms with Crippen molar-refractivity contribution >= 4 is 17.4 Å². The Morgan fingerprint density at radius 1 is 1.00 bits per heavy atom. The van der Waals surface area contributed by atoms with Gasteiger partial charge < -0.3 is 9.80 Å². The first kappa shape index (κ1) is 21.8. The van der Waals surface area contributed by atoms with E-state index in [0.29, 0.717) is 49.8 Å². The van der Waals surface area contributed by atoms with Gasteiger partial charge in [0.25, 0.3) is 0 Å². The lowest BCUT2D eigenvalue weighted by Gasteiger charge is -2.35. The molecule has 170 valence electrons. The van der Waals surface area contributed by atoms with Crippen LogP contribution >= 0.6 is 0 Å². The highest BCUT2D eigenvalue weighted by Crippen LogP contribution is 2.45. The molecule has 1 amide bonds. The molecule has 1 aliphatic rings. The van der Waals surface area contributed by atoms with Crippen LogP contribution in [0.3, 0.4) is 0 Å². The van der Waals surface area contributed by atoms with Crippen LogP contribution < -0.4 is 4.90 Å². The van der Waals surface area contributed by atoms with Crippen LogP contribution in [-0.2, 0) is 17.1 Å². The van der Waals surface area contributed by atoms with E-state index in [1.54, 1.807) is 12.1 Å². The van der Waals surface area contributed by atoms with E-state index in [2.05, 4.69) is 15.3 Å². The molecule has 3 heterocycles. The topological polar surface area (TPSA) is 66.6 Å². The molecule has 0 bridgehead atoms. The Morgan fingerprint density at radius 3 is 2.41 bits per heavy atom. The first-order valence-electron chi connectivity index (χ1n) is 9.49. The third-order valence-corrected chi connectivity index (χ3v) is 5.18. The molecule has 0 aliphatic carbocycles. The van der Waals surface area contributed by atoms with E-state index >= 15 is 0 Å². The van der Waals surface area contributed by atoms with Crippen LogP contribution in [-0.4, -0.2) is 63.0 Å². The van der Waals surface area contributed by atoms with Crippen LogP contribution in [0.25, 0.3) is 5.65 Å². The third-order valence-electron chi connectivity index (χ3n) is 5.18. The van der Waals surface area contributed by atoms with Gasteiger partial charge in [-0.1, -0.05) is 6.07 Å². The number of hydrogen-bond donors (Lipinski definition) is 0. The first-order chi connectivity index (χ1) is 15.1. The SMILES string of the molecule is O=C(Cc1ccc(F)c(C(F)(F)C(F)(F)F)c1)N1CCN(c2ccc3nncn3n2)CC1. The Hall–Kier alpha value is -3.38. The number of amides is 1. The number of rotatable bonds is 4. The molecule has 7 nitrogen and oxygen atoms in total. The molecule has 3 aromatic rings. The Labute approximate surface area is 177 Å². The molecule has 2 aromatic heterocycles. The maximum atomic E-state index is 13.7. The highest BCUT2D eigenvalue weighted by Gasteiger charge is 2.60. The van der Waals surface area contributed by atoms with Crippen molar-refractivity contribution in [2.75, 3.05) is 31.1 Å². The zero-order chi connectivity index (χ0) is 23.1. The zero-order valence-electron chi connectivity index (χ0n) is 16.4. The number of hydrogen-bond acceptors (Lipinski definition) is 5. The number of alkyl halides is 5. The number of halogens is 6. The van der Waals surface area contributed by atoms with Crippen LogP contribution in [0.1, 0.15) is 11.1 Å². The fourth-order valence-corrected chi connectivity index (χ4v) is 3.43. The summed E-state index contributed by atoms with van der Waals surface area (Å²) in [6, 6.07) is 5.45. The monoisotopic (exact) mass is 458 g/mol. The molecule has 1 aliphatic heterocycles. The van der Waals surface area contributed by atoms with E-state index in [4.69, 9.17) is 0 Å². The van der Waals surface area contributed by atoms with Crippen LogP contribution in [0.2, 0.25) is 0 Å². The van der Waals surface area contributed by atoms with E-state index in [0.717, 1.165) is 6.07 Å². The molecule has 4 rings (SSSR count). The minimum Gasteiger partial charge on any atom is -0.352 e. The predicted molar refractivity (Wildman–Crippen MR) is 99.6 cm³/mol. The molecule has 1 aromatic carbocycles. The number of aromatic nitrogens is 4. The van der Waals surface area contributed by atoms with Gasteiger partial charge in [0.05, 0.1) is 12.0 Å². The van der Waals surface area contributed by atoms with E-state index in [1.165, 1.54) is 15.7 Å². The van der Waals surface area contributed by atoms with Crippen LogP contribution in [0.4, 0.5) is 32.2 Å². The second-order valence-electron chi connectivity index (χ2n) is 7.26. The minimum absolute atomic E-state index is 0.127. The Morgan fingerprint density at radius 2 is 1.72 bits per heavy atom. The first-order valence-corrected chi connectivity index (χ1v) is 9.49. The van der Waals surface area contributed by atoms with Crippen molar-refractivity contribution in [2.24, 2.45) is 0 Å². The van der Waals surface area contributed by atoms with Gasteiger partial charge in [-0.3, -0.25) is 4.79 Å². The van der Waals surface area contributed by atoms with Gasteiger partial charge in [0.2, 0.25) is 5.91 Å². The summed E-state index contributed by atoms with van der Waals surface area (Å²) in [6.45, 7) is 1.47. The fourth-order valence-electron chi connectivity index (χ4n) is 3.43. The standard InChI is InChI=1S/C19H16F6N6O/c20-14-2-1-12(9-13(14)18(21,22)19(23,24)25)10-17(32)30-7-5-29(6-8-30)16-4-3-15-27-26-11-31(15)28-16/h1-4,9,11H,5-8,10H2. The van der Waals surface area contributed by atoms with Gasteiger partial charge in [0, 0.05) is 26.2 Å². The van der Waals surface area contributed by atoms with Gasteiger partial charge in [-0.2, -0.15) is 26.5 Å². The summed E-state index contributed by atoms with van der Waals surface area (Å²) in [7, 11) is 0. The summed E-state index contributed by atoms with van der Waals surface area (Å²) in [6.07, 6.45) is -4.92. The van der Waals surface area contributed by atoms with Crippen LogP contribution in [0.15, 0.2) is 36.7 Å². The summed E-state index contributed by atoms with van der Waals surface area (Å²) < 4.78 is 80.2. The lowest BCUT2D eigenvalue weighted by atomic mass is 10.0. The lowest BCUT2D eigenvalue weighted by Crippen LogP contribution is -2.49. The maximum Gasteiger partial charge on any atom is 0.458 e. The maximum absolute atomic E-state index is 13.7. The van der Waals surface area contributed by atoms with Crippen molar-refractivity contribution < 1.29 is 31.1 Å². The zero-order valence-corrected chi connectivity index (χ0v) is 16.4. The van der Waals surface area contributed by atoms with Gasteiger partial charge >= 0.3 is 12.1 Å². The number of piperazine rings is 1. The minimum atomic E-state index is -5.95. The quantitative estimate of drug-likeness (QED) is 0.563. The second-order valence-corrected chi connectivity index (χ2v) is 7.26. The van der Waals surface area contributed by atoms with Crippen molar-refractivity contribution in [1.82, 2.24) is 24.7 Å². The molecular formula is C19H16F6N6O. The molecule has 0 saturated carbocycles. The molecule has 0 unspecified atom stereocenters. The molecule has 13 heteroatoms. The number of carbonyl (C=O) groups excluding carboxylic acids is 1. The number of benzene rings is 1. The molecule has 1 saturated heterocycles. The van der Waals surface area contributed by atoms with Gasteiger partial charge in [-0.25, -0.2) is 4.39 Å². The smallest absolute Gasteiger partial charge is 0.352 e. The summed E-state index contributed by atoms with van der Waals surface area (Å²) in [5, 5.41) is 12.0. The summed E-state index contributed by atoms with van der Waals surface area (Å²) in [4.78, 5) is 16.0. The molecular weight excluding hydrogens is 442 g/mol. The van der Waals surface area contributed by atoms with Gasteiger partial charge in [0.1, 0.15) is 18.0 Å². The fraction of sp³-hybridized carbons (Fsp3) is 0.368. The number of anilines is 1. The average molecular weight is 458 g/mol. The molecule has 0 spiro atoms. The van der Waals surface area contributed by atoms with E-state index < -0.39 is 35.8 Å². The van der Waals surface area contributed by atoms with Crippen molar-refractivity contribution in [3.63, 3.8) is 0 Å². The van der Waals surface area contributed by atoms with Crippen LogP contribution in [0.5, 0.6) is 0 Å². The van der Waals surface area contributed by atoms with Crippen molar-refractivity contribution in [1.29, 1.82) is 0 Å². The largest absolute Gasteiger partial charge is 0.458 e. The second kappa shape index (κ2) is 7.95. The predicted octanol–water partition coefficient (Wildman–Crippen LogP) is 2.81.